The van der Waals surface area contributed by atoms with E-state index in [1.807, 2.05) is 54.6 Å². The van der Waals surface area contributed by atoms with Gasteiger partial charge in [-0.15, -0.1) is 0 Å². The van der Waals surface area contributed by atoms with E-state index in [4.69, 9.17) is 19.9 Å². The summed E-state index contributed by atoms with van der Waals surface area (Å²) in [6.07, 6.45) is 1.74. The van der Waals surface area contributed by atoms with Crippen LogP contribution in [0.25, 0.3) is 0 Å². The average molecular weight is 405 g/mol. The zero-order chi connectivity index (χ0) is 21.1. The first-order valence-corrected chi connectivity index (χ1v) is 9.87. The summed E-state index contributed by atoms with van der Waals surface area (Å²) in [7, 11) is 1.28. The number of carbonyl (C=O) groups excluding carboxylic acids is 2. The zero-order valence-corrected chi connectivity index (χ0v) is 16.7. The second-order valence-electron chi connectivity index (χ2n) is 7.26. The summed E-state index contributed by atoms with van der Waals surface area (Å²) < 4.78 is 16.4. The van der Waals surface area contributed by atoms with Crippen LogP contribution in [-0.4, -0.2) is 18.9 Å². The van der Waals surface area contributed by atoms with Crippen molar-refractivity contribution in [2.45, 2.75) is 31.8 Å². The van der Waals surface area contributed by atoms with E-state index in [-0.39, 0.29) is 17.2 Å². The van der Waals surface area contributed by atoms with Crippen LogP contribution in [-0.2, 0) is 25.7 Å². The first kappa shape index (κ1) is 19.8. The molecule has 6 heteroatoms. The van der Waals surface area contributed by atoms with Crippen LogP contribution < -0.4 is 10.5 Å². The van der Waals surface area contributed by atoms with Crippen molar-refractivity contribution in [3.63, 3.8) is 0 Å². The fraction of sp³-hybridized carbons (Fsp3) is 0.250. The number of hydrogen-bond donors (Lipinski definition) is 1. The maximum absolute atomic E-state index is 12.7. The number of Topliss-reactive ketones (excluding diaryl/α,β-unsaturated/α-hetero) is 1. The predicted molar refractivity (Wildman–Crippen MR) is 110 cm³/mol. The minimum Gasteiger partial charge on any atom is -0.489 e. The zero-order valence-electron chi connectivity index (χ0n) is 16.7. The highest BCUT2D eigenvalue weighted by atomic mass is 16.5. The number of hydrogen-bond acceptors (Lipinski definition) is 6. The smallest absolute Gasteiger partial charge is 0.340 e. The Kier molecular flexibility index (Phi) is 5.57. The summed E-state index contributed by atoms with van der Waals surface area (Å²) >= 11 is 0. The van der Waals surface area contributed by atoms with E-state index in [1.165, 1.54) is 7.11 Å². The van der Waals surface area contributed by atoms with E-state index >= 15 is 0 Å². The van der Waals surface area contributed by atoms with Gasteiger partial charge < -0.3 is 19.9 Å². The normalized spacial score (nSPS) is 18.6. The van der Waals surface area contributed by atoms with Gasteiger partial charge in [0.25, 0.3) is 0 Å². The van der Waals surface area contributed by atoms with Gasteiger partial charge in [0.05, 0.1) is 13.0 Å². The number of ketones is 1. The molecule has 1 atom stereocenters. The molecule has 1 aliphatic heterocycles. The molecule has 0 aromatic heterocycles. The largest absolute Gasteiger partial charge is 0.489 e. The van der Waals surface area contributed by atoms with Crippen LogP contribution in [0, 0.1) is 0 Å². The number of ether oxygens (including phenoxy) is 3. The maximum Gasteiger partial charge on any atom is 0.340 e. The lowest BCUT2D eigenvalue weighted by atomic mass is 9.77. The van der Waals surface area contributed by atoms with Gasteiger partial charge in [0, 0.05) is 18.4 Å². The van der Waals surface area contributed by atoms with Gasteiger partial charge in [-0.25, -0.2) is 4.79 Å². The van der Waals surface area contributed by atoms with E-state index < -0.39 is 11.9 Å². The predicted octanol–water partition coefficient (Wildman–Crippen LogP) is 3.73. The molecule has 0 saturated heterocycles. The van der Waals surface area contributed by atoms with Gasteiger partial charge >= 0.3 is 5.97 Å². The molecule has 1 aliphatic carbocycles. The SMILES string of the molecule is COC(=O)C1=C(N)OC2=C(C(=O)CCC2)C1c1ccc(OCc2ccccc2)cc1. The molecule has 6 nitrogen and oxygen atoms in total. The molecule has 0 saturated carbocycles. The third kappa shape index (κ3) is 3.81. The number of esters is 1. The van der Waals surface area contributed by atoms with Gasteiger partial charge in [0.2, 0.25) is 5.88 Å². The quantitative estimate of drug-likeness (QED) is 0.763. The summed E-state index contributed by atoms with van der Waals surface area (Å²) in [5, 5.41) is 0. The summed E-state index contributed by atoms with van der Waals surface area (Å²) in [6.45, 7) is 0.450. The van der Waals surface area contributed by atoms with Crippen LogP contribution in [0.2, 0.25) is 0 Å². The molecule has 30 heavy (non-hydrogen) atoms. The molecule has 2 aromatic carbocycles. The third-order valence-electron chi connectivity index (χ3n) is 5.35. The van der Waals surface area contributed by atoms with E-state index in [2.05, 4.69) is 0 Å². The molecule has 0 radical (unpaired) electrons. The molecule has 154 valence electrons. The Hall–Kier alpha value is -3.54. The van der Waals surface area contributed by atoms with Crippen molar-refractivity contribution in [3.8, 4) is 5.75 Å². The minimum atomic E-state index is -0.614. The number of allylic oxidation sites excluding steroid dienone is 2. The highest BCUT2D eigenvalue weighted by molar-refractivity contribution is 6.03. The van der Waals surface area contributed by atoms with Crippen LogP contribution in [0.3, 0.4) is 0 Å². The fourth-order valence-electron chi connectivity index (χ4n) is 3.90. The summed E-state index contributed by atoms with van der Waals surface area (Å²) in [5.41, 5.74) is 8.54. The highest BCUT2D eigenvalue weighted by Gasteiger charge is 2.41. The standard InChI is InChI=1S/C24H23NO5/c1-28-24(27)22-20(21-18(26)8-5-9-19(21)30-23(22)25)16-10-12-17(13-11-16)29-14-15-6-3-2-4-7-15/h2-4,6-7,10-13,20H,5,8-9,14,25H2,1H3. The molecule has 1 unspecified atom stereocenters. The Balaban J connectivity index is 1.64. The third-order valence-corrected chi connectivity index (χ3v) is 5.35. The lowest BCUT2D eigenvalue weighted by molar-refractivity contribution is -0.136. The Labute approximate surface area is 174 Å². The molecule has 0 spiro atoms. The molecular formula is C24H23NO5. The van der Waals surface area contributed by atoms with Crippen LogP contribution >= 0.6 is 0 Å². The van der Waals surface area contributed by atoms with Crippen molar-refractivity contribution < 1.29 is 23.8 Å². The molecule has 0 bridgehead atoms. The first-order valence-electron chi connectivity index (χ1n) is 9.87. The Morgan fingerprint density at radius 2 is 1.83 bits per heavy atom. The Morgan fingerprint density at radius 3 is 2.53 bits per heavy atom. The van der Waals surface area contributed by atoms with Crippen LogP contribution in [0.4, 0.5) is 0 Å². The molecule has 0 amide bonds. The van der Waals surface area contributed by atoms with Crippen molar-refractivity contribution in [3.05, 3.63) is 88.5 Å². The van der Waals surface area contributed by atoms with Crippen molar-refractivity contribution in [2.24, 2.45) is 5.73 Å². The van der Waals surface area contributed by atoms with Crippen LogP contribution in [0.15, 0.2) is 77.4 Å². The Morgan fingerprint density at radius 1 is 1.10 bits per heavy atom. The van der Waals surface area contributed by atoms with Gasteiger partial charge in [0.1, 0.15) is 23.7 Å². The van der Waals surface area contributed by atoms with Crippen molar-refractivity contribution in [1.82, 2.24) is 0 Å². The number of nitrogens with two attached hydrogens (primary N) is 1. The summed E-state index contributed by atoms with van der Waals surface area (Å²) in [5.74, 6) is -0.0190. The average Bonchev–Trinajstić information content (AvgIpc) is 2.77. The van der Waals surface area contributed by atoms with Gasteiger partial charge in [-0.1, -0.05) is 42.5 Å². The Bertz CT molecular complexity index is 1020. The van der Waals surface area contributed by atoms with Gasteiger partial charge in [-0.3, -0.25) is 4.79 Å². The van der Waals surface area contributed by atoms with E-state index in [1.54, 1.807) is 0 Å². The lowest BCUT2D eigenvalue weighted by Crippen LogP contribution is -2.31. The van der Waals surface area contributed by atoms with Gasteiger partial charge in [0.15, 0.2) is 5.78 Å². The summed E-state index contributed by atoms with van der Waals surface area (Å²) in [4.78, 5) is 25.2. The van der Waals surface area contributed by atoms with E-state index in [0.29, 0.717) is 43.0 Å². The lowest BCUT2D eigenvalue weighted by Gasteiger charge is -2.32. The number of benzene rings is 2. The van der Waals surface area contributed by atoms with Crippen LogP contribution in [0.5, 0.6) is 5.75 Å². The summed E-state index contributed by atoms with van der Waals surface area (Å²) in [6, 6.07) is 17.2. The topological polar surface area (TPSA) is 87.9 Å². The molecule has 4 rings (SSSR count). The number of methoxy groups -OCH3 is 1. The highest BCUT2D eigenvalue weighted by Crippen LogP contribution is 2.44. The minimum absolute atomic E-state index is 0.00953. The monoisotopic (exact) mass is 405 g/mol. The second-order valence-corrected chi connectivity index (χ2v) is 7.26. The van der Waals surface area contributed by atoms with E-state index in [9.17, 15) is 9.59 Å². The molecular weight excluding hydrogens is 382 g/mol. The maximum atomic E-state index is 12.7. The molecule has 2 aliphatic rings. The second kappa shape index (κ2) is 8.45. The number of carbonyl (C=O) groups is 2. The van der Waals surface area contributed by atoms with Crippen molar-refractivity contribution in [2.75, 3.05) is 7.11 Å². The van der Waals surface area contributed by atoms with Crippen LogP contribution in [0.1, 0.15) is 36.3 Å². The first-order chi connectivity index (χ1) is 14.6. The molecule has 1 heterocycles. The van der Waals surface area contributed by atoms with Crippen molar-refractivity contribution in [1.29, 1.82) is 0 Å². The molecule has 2 N–H and O–H groups in total. The van der Waals surface area contributed by atoms with Gasteiger partial charge in [-0.2, -0.15) is 0 Å². The molecule has 2 aromatic rings. The fourth-order valence-corrected chi connectivity index (χ4v) is 3.90. The molecule has 0 fully saturated rings. The van der Waals surface area contributed by atoms with Gasteiger partial charge in [-0.05, 0) is 29.7 Å². The van der Waals surface area contributed by atoms with Crippen molar-refractivity contribution >= 4 is 11.8 Å². The number of rotatable bonds is 5. The van der Waals surface area contributed by atoms with E-state index in [0.717, 1.165) is 11.1 Å².